The highest BCUT2D eigenvalue weighted by Crippen LogP contribution is 2.25. The van der Waals surface area contributed by atoms with Crippen LogP contribution >= 0.6 is 11.3 Å². The molecule has 2 aliphatic heterocycles. The molecule has 0 aromatic carbocycles. The van der Waals surface area contributed by atoms with Gasteiger partial charge in [0, 0.05) is 24.5 Å². The Morgan fingerprint density at radius 2 is 2.33 bits per heavy atom. The summed E-state index contributed by atoms with van der Waals surface area (Å²) in [5.74, 6) is 0. The number of hydrogen-bond acceptors (Lipinski definition) is 3. The van der Waals surface area contributed by atoms with E-state index >= 15 is 0 Å². The Bertz CT molecular complexity index is 361. The summed E-state index contributed by atoms with van der Waals surface area (Å²) < 4.78 is 0. The fourth-order valence-electron chi connectivity index (χ4n) is 2.02. The standard InChI is InChI=1S/C10H13N3OS/c14-10-12-8(9-2-1-3-15-9)6-13(10)7-4-11-5-7/h1-3,7-8,11H,4-6H2,(H,12,14). The molecule has 2 amide bonds. The Morgan fingerprint density at radius 1 is 1.47 bits per heavy atom. The maximum Gasteiger partial charge on any atom is 0.318 e. The summed E-state index contributed by atoms with van der Waals surface area (Å²) in [6.45, 7) is 2.68. The normalized spacial score (nSPS) is 26.5. The zero-order valence-electron chi connectivity index (χ0n) is 8.27. The molecule has 1 aromatic heterocycles. The van der Waals surface area contributed by atoms with Crippen LogP contribution in [0.3, 0.4) is 0 Å². The van der Waals surface area contributed by atoms with Crippen molar-refractivity contribution in [3.63, 3.8) is 0 Å². The average Bonchev–Trinajstić information content (AvgIpc) is 2.72. The van der Waals surface area contributed by atoms with Crippen LogP contribution in [0.25, 0.3) is 0 Å². The van der Waals surface area contributed by atoms with Crippen molar-refractivity contribution in [3.8, 4) is 0 Å². The molecular weight excluding hydrogens is 210 g/mol. The number of rotatable bonds is 2. The Labute approximate surface area is 92.3 Å². The van der Waals surface area contributed by atoms with E-state index < -0.39 is 0 Å². The minimum atomic E-state index is 0.0832. The van der Waals surface area contributed by atoms with Crippen molar-refractivity contribution in [2.24, 2.45) is 0 Å². The van der Waals surface area contributed by atoms with Crippen molar-refractivity contribution >= 4 is 17.4 Å². The SMILES string of the molecule is O=C1NC(c2cccs2)CN1C1CNC1. The highest BCUT2D eigenvalue weighted by Gasteiger charge is 2.37. The summed E-state index contributed by atoms with van der Waals surface area (Å²) in [6, 6.07) is 4.78. The Hall–Kier alpha value is -1.07. The summed E-state index contributed by atoms with van der Waals surface area (Å²) in [6.07, 6.45) is 0. The maximum atomic E-state index is 11.7. The molecule has 4 nitrogen and oxygen atoms in total. The van der Waals surface area contributed by atoms with E-state index in [1.165, 1.54) is 4.88 Å². The van der Waals surface area contributed by atoms with Gasteiger partial charge in [-0.3, -0.25) is 0 Å². The summed E-state index contributed by atoms with van der Waals surface area (Å²) >= 11 is 1.70. The largest absolute Gasteiger partial charge is 0.329 e. The van der Waals surface area contributed by atoms with Crippen molar-refractivity contribution in [3.05, 3.63) is 22.4 Å². The van der Waals surface area contributed by atoms with Crippen LogP contribution in [-0.2, 0) is 0 Å². The molecule has 0 saturated carbocycles. The molecule has 5 heteroatoms. The van der Waals surface area contributed by atoms with E-state index in [1.807, 2.05) is 11.0 Å². The third kappa shape index (κ3) is 1.52. The van der Waals surface area contributed by atoms with Crippen molar-refractivity contribution in [2.75, 3.05) is 19.6 Å². The zero-order chi connectivity index (χ0) is 10.3. The van der Waals surface area contributed by atoms with Crippen molar-refractivity contribution in [1.82, 2.24) is 15.5 Å². The number of carbonyl (C=O) groups excluding carboxylic acids is 1. The molecule has 2 fully saturated rings. The monoisotopic (exact) mass is 223 g/mol. The quantitative estimate of drug-likeness (QED) is 0.778. The first kappa shape index (κ1) is 9.18. The molecule has 0 radical (unpaired) electrons. The fraction of sp³-hybridized carbons (Fsp3) is 0.500. The number of thiophene rings is 1. The van der Waals surface area contributed by atoms with E-state index in [1.54, 1.807) is 11.3 Å². The first-order chi connectivity index (χ1) is 7.34. The Balaban J connectivity index is 1.73. The second-order valence-corrected chi connectivity index (χ2v) is 4.96. The molecule has 0 bridgehead atoms. The molecule has 1 aromatic rings. The number of hydrogen-bond donors (Lipinski definition) is 2. The number of amides is 2. The Kier molecular flexibility index (Phi) is 2.14. The van der Waals surface area contributed by atoms with Crippen LogP contribution in [0.5, 0.6) is 0 Å². The van der Waals surface area contributed by atoms with Crippen LogP contribution in [0.2, 0.25) is 0 Å². The van der Waals surface area contributed by atoms with Crippen LogP contribution in [0, 0.1) is 0 Å². The molecule has 3 rings (SSSR count). The van der Waals surface area contributed by atoms with E-state index in [-0.39, 0.29) is 12.1 Å². The molecule has 3 heterocycles. The highest BCUT2D eigenvalue weighted by molar-refractivity contribution is 7.10. The number of urea groups is 1. The van der Waals surface area contributed by atoms with E-state index in [0.717, 1.165) is 19.6 Å². The highest BCUT2D eigenvalue weighted by atomic mass is 32.1. The van der Waals surface area contributed by atoms with Crippen molar-refractivity contribution in [1.29, 1.82) is 0 Å². The molecular formula is C10H13N3OS. The van der Waals surface area contributed by atoms with E-state index in [0.29, 0.717) is 6.04 Å². The molecule has 2 saturated heterocycles. The lowest BCUT2D eigenvalue weighted by molar-refractivity contribution is 0.172. The van der Waals surface area contributed by atoms with Gasteiger partial charge in [-0.15, -0.1) is 11.3 Å². The number of nitrogens with one attached hydrogen (secondary N) is 2. The number of carbonyl (C=O) groups is 1. The minimum Gasteiger partial charge on any atom is -0.329 e. The van der Waals surface area contributed by atoms with Crippen LogP contribution < -0.4 is 10.6 Å². The van der Waals surface area contributed by atoms with Gasteiger partial charge >= 0.3 is 6.03 Å². The molecule has 0 aliphatic carbocycles. The van der Waals surface area contributed by atoms with E-state index in [9.17, 15) is 4.79 Å². The maximum absolute atomic E-state index is 11.7. The molecule has 0 spiro atoms. The summed E-state index contributed by atoms with van der Waals surface area (Å²) in [4.78, 5) is 14.9. The van der Waals surface area contributed by atoms with Gasteiger partial charge in [-0.2, -0.15) is 0 Å². The first-order valence-electron chi connectivity index (χ1n) is 5.16. The topological polar surface area (TPSA) is 44.4 Å². The molecule has 1 atom stereocenters. The molecule has 80 valence electrons. The molecule has 2 aliphatic rings. The van der Waals surface area contributed by atoms with E-state index in [4.69, 9.17) is 0 Å². The van der Waals surface area contributed by atoms with Gasteiger partial charge in [0.15, 0.2) is 0 Å². The first-order valence-corrected chi connectivity index (χ1v) is 6.04. The lowest BCUT2D eigenvalue weighted by Crippen LogP contribution is -2.57. The van der Waals surface area contributed by atoms with Gasteiger partial charge in [-0.25, -0.2) is 4.79 Å². The van der Waals surface area contributed by atoms with Gasteiger partial charge in [0.2, 0.25) is 0 Å². The van der Waals surface area contributed by atoms with Crippen LogP contribution in [-0.4, -0.2) is 36.6 Å². The fourth-order valence-corrected chi connectivity index (χ4v) is 2.79. The summed E-state index contributed by atoms with van der Waals surface area (Å²) in [5, 5.41) is 8.26. The van der Waals surface area contributed by atoms with E-state index in [2.05, 4.69) is 22.1 Å². The lowest BCUT2D eigenvalue weighted by Gasteiger charge is -2.34. The van der Waals surface area contributed by atoms with Gasteiger partial charge in [0.05, 0.1) is 12.1 Å². The predicted octanol–water partition coefficient (Wildman–Crippen LogP) is 0.786. The second kappa shape index (κ2) is 3.50. The number of nitrogens with zero attached hydrogens (tertiary/aromatic N) is 1. The summed E-state index contributed by atoms with van der Waals surface area (Å²) in [5.41, 5.74) is 0. The van der Waals surface area contributed by atoms with Gasteiger partial charge in [-0.1, -0.05) is 6.07 Å². The van der Waals surface area contributed by atoms with Gasteiger partial charge in [-0.05, 0) is 11.4 Å². The minimum absolute atomic E-state index is 0.0832. The third-order valence-corrected chi connectivity index (χ3v) is 4.01. The van der Waals surface area contributed by atoms with Crippen molar-refractivity contribution in [2.45, 2.75) is 12.1 Å². The third-order valence-electron chi connectivity index (χ3n) is 3.03. The Morgan fingerprint density at radius 3 is 2.93 bits per heavy atom. The van der Waals surface area contributed by atoms with Crippen LogP contribution in [0.4, 0.5) is 4.79 Å². The van der Waals surface area contributed by atoms with Crippen LogP contribution in [0.1, 0.15) is 10.9 Å². The average molecular weight is 223 g/mol. The van der Waals surface area contributed by atoms with Gasteiger partial charge in [0.1, 0.15) is 0 Å². The smallest absolute Gasteiger partial charge is 0.318 e. The zero-order valence-corrected chi connectivity index (χ0v) is 9.09. The predicted molar refractivity (Wildman–Crippen MR) is 59.0 cm³/mol. The molecule has 2 N–H and O–H groups in total. The molecule has 15 heavy (non-hydrogen) atoms. The second-order valence-electron chi connectivity index (χ2n) is 3.98. The van der Waals surface area contributed by atoms with Gasteiger partial charge in [0.25, 0.3) is 0 Å². The lowest BCUT2D eigenvalue weighted by atomic mass is 10.1. The van der Waals surface area contributed by atoms with Crippen molar-refractivity contribution < 1.29 is 4.79 Å². The molecule has 1 unspecified atom stereocenters. The summed E-state index contributed by atoms with van der Waals surface area (Å²) in [7, 11) is 0. The van der Waals surface area contributed by atoms with Crippen LogP contribution in [0.15, 0.2) is 17.5 Å². The van der Waals surface area contributed by atoms with Gasteiger partial charge < -0.3 is 15.5 Å².